The Morgan fingerprint density at radius 1 is 1.47 bits per heavy atom. The van der Waals surface area contributed by atoms with Crippen molar-refractivity contribution in [3.63, 3.8) is 0 Å². The lowest BCUT2D eigenvalue weighted by atomic mass is 10.1. The molecular weight excluding hydrogens is 216 g/mol. The second-order valence-corrected chi connectivity index (χ2v) is 4.60. The molecule has 0 saturated heterocycles. The summed E-state index contributed by atoms with van der Waals surface area (Å²) in [5.74, 6) is 0.695. The molecule has 4 heteroatoms. The van der Waals surface area contributed by atoms with E-state index in [-0.39, 0.29) is 17.7 Å². The number of rotatable bonds is 4. The van der Waals surface area contributed by atoms with Crippen molar-refractivity contribution in [1.82, 2.24) is 4.90 Å². The highest BCUT2D eigenvalue weighted by atomic mass is 16.3. The average molecular weight is 234 g/mol. The highest BCUT2D eigenvalue weighted by molar-refractivity contribution is 5.94. The Bertz CT molecular complexity index is 398. The van der Waals surface area contributed by atoms with E-state index < -0.39 is 0 Å². The zero-order valence-electron chi connectivity index (χ0n) is 9.97. The Hall–Kier alpha value is -1.55. The number of nitrogens with two attached hydrogens (primary N) is 1. The molecular formula is C13H18N2O2. The molecule has 2 rings (SSSR count). The Kier molecular flexibility index (Phi) is 3.33. The highest BCUT2D eigenvalue weighted by Gasteiger charge is 2.34. The number of benzene rings is 1. The summed E-state index contributed by atoms with van der Waals surface area (Å²) in [5.41, 5.74) is 6.31. The van der Waals surface area contributed by atoms with Crippen LogP contribution in [-0.2, 0) is 0 Å². The molecule has 1 amide bonds. The van der Waals surface area contributed by atoms with E-state index >= 15 is 0 Å². The van der Waals surface area contributed by atoms with Crippen LogP contribution in [-0.4, -0.2) is 35.5 Å². The molecule has 1 saturated carbocycles. The van der Waals surface area contributed by atoms with E-state index in [0.717, 1.165) is 12.8 Å². The summed E-state index contributed by atoms with van der Waals surface area (Å²) in [5, 5.41) is 9.19. The first kappa shape index (κ1) is 11.9. The van der Waals surface area contributed by atoms with Crippen molar-refractivity contribution in [2.45, 2.75) is 18.9 Å². The van der Waals surface area contributed by atoms with E-state index in [4.69, 9.17) is 5.73 Å². The number of nitrogens with zero attached hydrogens (tertiary/aromatic N) is 1. The number of carbonyl (C=O) groups is 1. The predicted molar refractivity (Wildman–Crippen MR) is 65.8 cm³/mol. The van der Waals surface area contributed by atoms with Gasteiger partial charge in [-0.1, -0.05) is 0 Å². The second-order valence-electron chi connectivity index (χ2n) is 4.60. The lowest BCUT2D eigenvalue weighted by Gasteiger charge is -2.27. The maximum absolute atomic E-state index is 12.2. The van der Waals surface area contributed by atoms with Crippen molar-refractivity contribution in [2.75, 3.05) is 13.6 Å². The number of hydrogen-bond acceptors (Lipinski definition) is 3. The molecule has 1 aromatic carbocycles. The Morgan fingerprint density at radius 2 is 2.06 bits per heavy atom. The van der Waals surface area contributed by atoms with Gasteiger partial charge in [-0.3, -0.25) is 4.79 Å². The minimum Gasteiger partial charge on any atom is -0.508 e. The maximum atomic E-state index is 12.2. The van der Waals surface area contributed by atoms with E-state index in [9.17, 15) is 9.90 Å². The van der Waals surface area contributed by atoms with E-state index in [1.807, 2.05) is 0 Å². The molecule has 17 heavy (non-hydrogen) atoms. The molecule has 1 unspecified atom stereocenters. The number of hydrogen-bond donors (Lipinski definition) is 2. The molecule has 92 valence electrons. The summed E-state index contributed by atoms with van der Waals surface area (Å²) in [7, 11) is 1.80. The third kappa shape index (κ3) is 2.58. The fraction of sp³-hybridized carbons (Fsp3) is 0.462. The first-order valence-electron chi connectivity index (χ1n) is 5.89. The quantitative estimate of drug-likeness (QED) is 0.822. The molecule has 0 spiro atoms. The fourth-order valence-electron chi connectivity index (χ4n) is 2.11. The molecule has 1 aromatic rings. The molecule has 1 atom stereocenters. The van der Waals surface area contributed by atoms with Gasteiger partial charge in [0.15, 0.2) is 0 Å². The molecule has 1 aliphatic rings. The van der Waals surface area contributed by atoms with Gasteiger partial charge in [-0.15, -0.1) is 0 Å². The Morgan fingerprint density at radius 3 is 2.53 bits per heavy atom. The summed E-state index contributed by atoms with van der Waals surface area (Å²) in [6.45, 7) is 0.505. The zero-order valence-corrected chi connectivity index (χ0v) is 9.97. The van der Waals surface area contributed by atoms with Crippen LogP contribution in [0.15, 0.2) is 24.3 Å². The van der Waals surface area contributed by atoms with Gasteiger partial charge in [0.2, 0.25) is 0 Å². The first-order chi connectivity index (χ1) is 8.13. The van der Waals surface area contributed by atoms with Gasteiger partial charge in [-0.05, 0) is 43.0 Å². The van der Waals surface area contributed by atoms with E-state index in [0.29, 0.717) is 18.0 Å². The van der Waals surface area contributed by atoms with E-state index in [2.05, 4.69) is 0 Å². The van der Waals surface area contributed by atoms with Gasteiger partial charge < -0.3 is 15.7 Å². The Labute approximate surface area is 101 Å². The van der Waals surface area contributed by atoms with Crippen LogP contribution in [0.4, 0.5) is 0 Å². The average Bonchev–Trinajstić information content (AvgIpc) is 3.14. The third-order valence-corrected chi connectivity index (χ3v) is 3.34. The molecule has 0 heterocycles. The minimum absolute atomic E-state index is 0.0349. The third-order valence-electron chi connectivity index (χ3n) is 3.34. The lowest BCUT2D eigenvalue weighted by molar-refractivity contribution is 0.0718. The Balaban J connectivity index is 2.10. The SMILES string of the molecule is CN(C(=O)c1ccc(O)cc1)C(CN)C1CC1. The van der Waals surface area contributed by atoms with E-state index in [1.54, 1.807) is 24.1 Å². The first-order valence-corrected chi connectivity index (χ1v) is 5.89. The van der Waals surface area contributed by atoms with Crippen LogP contribution >= 0.6 is 0 Å². The summed E-state index contributed by atoms with van der Waals surface area (Å²) in [6.07, 6.45) is 2.32. The van der Waals surface area contributed by atoms with Crippen molar-refractivity contribution in [3.8, 4) is 5.75 Å². The number of likely N-dealkylation sites (N-methyl/N-ethyl adjacent to an activating group) is 1. The summed E-state index contributed by atoms with van der Waals surface area (Å²) in [6, 6.07) is 6.45. The van der Waals surface area contributed by atoms with Crippen LogP contribution < -0.4 is 5.73 Å². The summed E-state index contributed by atoms with van der Waals surface area (Å²) < 4.78 is 0. The van der Waals surface area contributed by atoms with Crippen LogP contribution in [0.2, 0.25) is 0 Å². The monoisotopic (exact) mass is 234 g/mol. The topological polar surface area (TPSA) is 66.6 Å². The van der Waals surface area contributed by atoms with Crippen LogP contribution in [0.3, 0.4) is 0 Å². The number of amides is 1. The number of phenolic OH excluding ortho intramolecular Hbond substituents is 1. The summed E-state index contributed by atoms with van der Waals surface area (Å²) in [4.78, 5) is 13.9. The van der Waals surface area contributed by atoms with Crippen LogP contribution in [0.25, 0.3) is 0 Å². The van der Waals surface area contributed by atoms with Gasteiger partial charge in [0.1, 0.15) is 5.75 Å². The van der Waals surface area contributed by atoms with Gasteiger partial charge >= 0.3 is 0 Å². The van der Waals surface area contributed by atoms with Crippen LogP contribution in [0, 0.1) is 5.92 Å². The van der Waals surface area contributed by atoms with E-state index in [1.165, 1.54) is 12.1 Å². The van der Waals surface area contributed by atoms with Gasteiger partial charge in [-0.25, -0.2) is 0 Å². The highest BCUT2D eigenvalue weighted by Crippen LogP contribution is 2.34. The largest absolute Gasteiger partial charge is 0.508 e. The molecule has 4 nitrogen and oxygen atoms in total. The molecule has 0 aliphatic heterocycles. The molecule has 3 N–H and O–H groups in total. The molecule has 1 fully saturated rings. The van der Waals surface area contributed by atoms with Crippen molar-refractivity contribution < 1.29 is 9.90 Å². The van der Waals surface area contributed by atoms with Crippen molar-refractivity contribution in [2.24, 2.45) is 11.7 Å². The van der Waals surface area contributed by atoms with Crippen molar-refractivity contribution in [3.05, 3.63) is 29.8 Å². The fourth-order valence-corrected chi connectivity index (χ4v) is 2.11. The van der Waals surface area contributed by atoms with Crippen LogP contribution in [0.5, 0.6) is 5.75 Å². The predicted octanol–water partition coefficient (Wildman–Crippen LogP) is 1.20. The van der Waals surface area contributed by atoms with Gasteiger partial charge in [-0.2, -0.15) is 0 Å². The standard InChI is InChI=1S/C13H18N2O2/c1-15(12(8-14)9-2-3-9)13(17)10-4-6-11(16)7-5-10/h4-7,9,12,16H,2-3,8,14H2,1H3. The molecule has 0 aromatic heterocycles. The lowest BCUT2D eigenvalue weighted by Crippen LogP contribution is -2.43. The number of phenols is 1. The minimum atomic E-state index is -0.0349. The normalized spacial score (nSPS) is 16.6. The molecule has 1 aliphatic carbocycles. The second kappa shape index (κ2) is 4.75. The van der Waals surface area contributed by atoms with Gasteiger partial charge in [0.25, 0.3) is 5.91 Å². The van der Waals surface area contributed by atoms with Gasteiger partial charge in [0, 0.05) is 25.2 Å². The van der Waals surface area contributed by atoms with Crippen molar-refractivity contribution in [1.29, 1.82) is 0 Å². The molecule has 0 radical (unpaired) electrons. The van der Waals surface area contributed by atoms with Crippen molar-refractivity contribution >= 4 is 5.91 Å². The summed E-state index contributed by atoms with van der Waals surface area (Å²) >= 11 is 0. The van der Waals surface area contributed by atoms with Crippen LogP contribution in [0.1, 0.15) is 23.2 Å². The smallest absolute Gasteiger partial charge is 0.253 e. The maximum Gasteiger partial charge on any atom is 0.253 e. The molecule has 0 bridgehead atoms. The zero-order chi connectivity index (χ0) is 12.4. The number of carbonyl (C=O) groups excluding carboxylic acids is 1. The van der Waals surface area contributed by atoms with Gasteiger partial charge in [0.05, 0.1) is 0 Å². The number of aromatic hydroxyl groups is 1.